The minimum atomic E-state index is -0.816. The van der Waals surface area contributed by atoms with Crippen LogP contribution in [-0.4, -0.2) is 37.7 Å². The molecule has 0 fully saturated rings. The fourth-order valence-corrected chi connectivity index (χ4v) is 4.76. The molecule has 0 saturated carbocycles. The zero-order valence-electron chi connectivity index (χ0n) is 20.9. The van der Waals surface area contributed by atoms with Crippen molar-refractivity contribution >= 4 is 18.0 Å². The zero-order chi connectivity index (χ0) is 26.0. The van der Waals surface area contributed by atoms with Gasteiger partial charge in [0.2, 0.25) is 5.91 Å². The Kier molecular flexibility index (Phi) is 8.92. The van der Waals surface area contributed by atoms with Crippen molar-refractivity contribution in [3.63, 3.8) is 0 Å². The van der Waals surface area contributed by atoms with Gasteiger partial charge in [-0.1, -0.05) is 85.3 Å². The number of hydrogen-bond acceptors (Lipinski definition) is 5. The highest BCUT2D eigenvalue weighted by atomic mass is 16.5. The molecule has 7 heteroatoms. The van der Waals surface area contributed by atoms with Crippen molar-refractivity contribution < 1.29 is 23.9 Å². The lowest BCUT2D eigenvalue weighted by molar-refractivity contribution is -0.145. The molecule has 2 N–H and O–H groups in total. The lowest BCUT2D eigenvalue weighted by atomic mass is 9.89. The summed E-state index contributed by atoms with van der Waals surface area (Å²) in [5, 5.41) is 5.66. The van der Waals surface area contributed by atoms with Crippen LogP contribution >= 0.6 is 0 Å². The van der Waals surface area contributed by atoms with Gasteiger partial charge in [0.05, 0.1) is 7.11 Å². The first-order valence-electron chi connectivity index (χ1n) is 12.6. The van der Waals surface area contributed by atoms with E-state index in [9.17, 15) is 14.4 Å². The molecule has 0 spiro atoms. The zero-order valence-corrected chi connectivity index (χ0v) is 20.9. The van der Waals surface area contributed by atoms with Gasteiger partial charge in [-0.15, -0.1) is 0 Å². The number of amides is 2. The first kappa shape index (κ1) is 25.9. The van der Waals surface area contributed by atoms with Gasteiger partial charge in [0, 0.05) is 18.9 Å². The van der Waals surface area contributed by atoms with Crippen LogP contribution in [0.3, 0.4) is 0 Å². The van der Waals surface area contributed by atoms with Gasteiger partial charge < -0.3 is 20.1 Å². The van der Waals surface area contributed by atoms with E-state index in [1.807, 2.05) is 78.9 Å². The molecule has 1 aliphatic carbocycles. The van der Waals surface area contributed by atoms with Crippen LogP contribution in [0.1, 0.15) is 48.3 Å². The molecular formula is C30H32N2O5. The summed E-state index contributed by atoms with van der Waals surface area (Å²) in [4.78, 5) is 37.4. The predicted molar refractivity (Wildman–Crippen MR) is 141 cm³/mol. The molecule has 4 rings (SSSR count). The Labute approximate surface area is 217 Å². The number of esters is 1. The maximum absolute atomic E-state index is 12.8. The molecular weight excluding hydrogens is 468 g/mol. The van der Waals surface area contributed by atoms with E-state index in [2.05, 4.69) is 10.6 Å². The number of rotatable bonds is 11. The van der Waals surface area contributed by atoms with Crippen LogP contribution in [0.25, 0.3) is 11.1 Å². The van der Waals surface area contributed by atoms with E-state index in [4.69, 9.17) is 9.47 Å². The molecule has 2 amide bonds. The number of unbranched alkanes of at least 4 members (excludes halogenated alkanes) is 2. The third-order valence-electron chi connectivity index (χ3n) is 6.55. The number of methoxy groups -OCH3 is 1. The van der Waals surface area contributed by atoms with E-state index >= 15 is 0 Å². The largest absolute Gasteiger partial charge is 0.467 e. The summed E-state index contributed by atoms with van der Waals surface area (Å²) >= 11 is 0. The molecule has 0 saturated heterocycles. The average molecular weight is 501 g/mol. The average Bonchev–Trinajstić information content (AvgIpc) is 3.27. The second-order valence-electron chi connectivity index (χ2n) is 9.02. The van der Waals surface area contributed by atoms with Gasteiger partial charge in [0.25, 0.3) is 0 Å². The standard InChI is InChI=1S/C30H32N2O5/c1-36-29(34)28(27-24-16-9-7-14-22(24)23-15-8-10-17-25(23)27)32-26(33)18-6-3-11-19-31-30(35)37-20-21-12-4-2-5-13-21/h2,4-5,7-10,12-17,27-28H,3,6,11,18-20H2,1H3,(H,31,35)(H,32,33)/t28-/m1/s1. The first-order chi connectivity index (χ1) is 18.1. The summed E-state index contributed by atoms with van der Waals surface area (Å²) in [6, 6.07) is 24.6. The van der Waals surface area contributed by atoms with Crippen molar-refractivity contribution in [3.05, 3.63) is 95.6 Å². The van der Waals surface area contributed by atoms with E-state index < -0.39 is 18.1 Å². The topological polar surface area (TPSA) is 93.7 Å². The molecule has 7 nitrogen and oxygen atoms in total. The monoisotopic (exact) mass is 500 g/mol. The van der Waals surface area contributed by atoms with Gasteiger partial charge >= 0.3 is 12.1 Å². The minimum Gasteiger partial charge on any atom is -0.467 e. The second-order valence-corrected chi connectivity index (χ2v) is 9.02. The van der Waals surface area contributed by atoms with E-state index in [1.165, 1.54) is 7.11 Å². The number of ether oxygens (including phenoxy) is 2. The maximum Gasteiger partial charge on any atom is 0.407 e. The highest BCUT2D eigenvalue weighted by Crippen LogP contribution is 2.46. The lowest BCUT2D eigenvalue weighted by Gasteiger charge is -2.24. The van der Waals surface area contributed by atoms with E-state index in [0.29, 0.717) is 13.0 Å². The Morgan fingerprint density at radius 2 is 1.43 bits per heavy atom. The van der Waals surface area contributed by atoms with Crippen LogP contribution in [0.5, 0.6) is 0 Å². The summed E-state index contributed by atoms with van der Waals surface area (Å²) in [7, 11) is 1.34. The number of fused-ring (bicyclic) bond motifs is 3. The van der Waals surface area contributed by atoms with Crippen LogP contribution in [0.15, 0.2) is 78.9 Å². The molecule has 1 aliphatic rings. The van der Waals surface area contributed by atoms with Crippen LogP contribution in [0.4, 0.5) is 4.79 Å². The maximum atomic E-state index is 12.8. The summed E-state index contributed by atoms with van der Waals surface area (Å²) < 4.78 is 10.3. The molecule has 37 heavy (non-hydrogen) atoms. The van der Waals surface area contributed by atoms with Crippen LogP contribution in [0.2, 0.25) is 0 Å². The van der Waals surface area contributed by atoms with Gasteiger partial charge in [-0.2, -0.15) is 0 Å². The quantitative estimate of drug-likeness (QED) is 0.287. The molecule has 1 atom stereocenters. The van der Waals surface area contributed by atoms with Gasteiger partial charge in [0.1, 0.15) is 12.6 Å². The summed E-state index contributed by atoms with van der Waals surface area (Å²) in [6.07, 6.45) is 1.93. The number of benzene rings is 3. The van der Waals surface area contributed by atoms with Crippen molar-refractivity contribution in [2.75, 3.05) is 13.7 Å². The van der Waals surface area contributed by atoms with Gasteiger partial charge in [-0.05, 0) is 40.7 Å². The smallest absolute Gasteiger partial charge is 0.407 e. The number of hydrogen-bond donors (Lipinski definition) is 2. The third-order valence-corrected chi connectivity index (χ3v) is 6.55. The lowest BCUT2D eigenvalue weighted by Crippen LogP contribution is -2.45. The van der Waals surface area contributed by atoms with Crippen LogP contribution < -0.4 is 10.6 Å². The SMILES string of the molecule is COC(=O)[C@H](NC(=O)CCCCCNC(=O)OCc1ccccc1)C1c2ccccc2-c2ccccc21. The minimum absolute atomic E-state index is 0.201. The molecule has 0 heterocycles. The Balaban J connectivity index is 1.24. The molecule has 0 radical (unpaired) electrons. The fourth-order valence-electron chi connectivity index (χ4n) is 4.76. The first-order valence-corrected chi connectivity index (χ1v) is 12.6. The van der Waals surface area contributed by atoms with Crippen molar-refractivity contribution in [2.45, 2.75) is 44.2 Å². The highest BCUT2D eigenvalue weighted by Gasteiger charge is 2.39. The summed E-state index contributed by atoms with van der Waals surface area (Å²) in [5.74, 6) is -0.981. The van der Waals surface area contributed by atoms with E-state index in [1.54, 1.807) is 0 Å². The molecule has 3 aromatic carbocycles. The normalized spacial score (nSPS) is 12.7. The number of carbonyl (C=O) groups excluding carboxylic acids is 3. The Morgan fingerprint density at radius 1 is 0.811 bits per heavy atom. The second kappa shape index (κ2) is 12.7. The number of nitrogens with one attached hydrogen (secondary N) is 2. The Morgan fingerprint density at radius 3 is 2.08 bits per heavy atom. The van der Waals surface area contributed by atoms with E-state index in [0.717, 1.165) is 40.7 Å². The Hall–Kier alpha value is -4.13. The molecule has 0 bridgehead atoms. The summed E-state index contributed by atoms with van der Waals surface area (Å²) in [6.45, 7) is 0.694. The number of carbonyl (C=O) groups is 3. The predicted octanol–water partition coefficient (Wildman–Crippen LogP) is 4.94. The van der Waals surface area contributed by atoms with Crippen LogP contribution in [0, 0.1) is 0 Å². The van der Waals surface area contributed by atoms with Crippen molar-refractivity contribution in [2.24, 2.45) is 0 Å². The molecule has 0 aromatic heterocycles. The summed E-state index contributed by atoms with van der Waals surface area (Å²) in [5.41, 5.74) is 5.08. The molecule has 3 aromatic rings. The highest BCUT2D eigenvalue weighted by molar-refractivity contribution is 5.89. The molecule has 0 unspecified atom stereocenters. The number of alkyl carbamates (subject to hydrolysis) is 1. The van der Waals surface area contributed by atoms with Crippen LogP contribution in [-0.2, 0) is 25.7 Å². The van der Waals surface area contributed by atoms with Crippen molar-refractivity contribution in [1.29, 1.82) is 0 Å². The van der Waals surface area contributed by atoms with Gasteiger partial charge in [0.15, 0.2) is 0 Å². The third kappa shape index (κ3) is 6.55. The van der Waals surface area contributed by atoms with Gasteiger partial charge in [-0.25, -0.2) is 9.59 Å². The fraction of sp³-hybridized carbons (Fsp3) is 0.300. The van der Waals surface area contributed by atoms with Crippen molar-refractivity contribution in [1.82, 2.24) is 10.6 Å². The van der Waals surface area contributed by atoms with Crippen molar-refractivity contribution in [3.8, 4) is 11.1 Å². The molecule has 192 valence electrons. The molecule has 0 aliphatic heterocycles. The Bertz CT molecular complexity index is 1180. The van der Waals surface area contributed by atoms with Gasteiger partial charge in [-0.3, -0.25) is 4.79 Å². The van der Waals surface area contributed by atoms with E-state index in [-0.39, 0.29) is 24.9 Å².